The minimum atomic E-state index is -1.22. The van der Waals surface area contributed by atoms with Crippen molar-refractivity contribution in [3.05, 3.63) is 35.9 Å². The third-order valence-corrected chi connectivity index (χ3v) is 3.95. The van der Waals surface area contributed by atoms with Gasteiger partial charge < -0.3 is 14.8 Å². The van der Waals surface area contributed by atoms with E-state index < -0.39 is 36.0 Å². The van der Waals surface area contributed by atoms with E-state index in [0.29, 0.717) is 17.7 Å². The summed E-state index contributed by atoms with van der Waals surface area (Å²) < 4.78 is 9.38. The number of nitrogens with one attached hydrogen (secondary N) is 2. The summed E-state index contributed by atoms with van der Waals surface area (Å²) in [5.41, 5.74) is 0.408. The Hall–Kier alpha value is -2.55. The molecule has 0 saturated carbocycles. The second-order valence-corrected chi connectivity index (χ2v) is 6.22. The van der Waals surface area contributed by atoms with Crippen molar-refractivity contribution in [3.63, 3.8) is 0 Å². The number of benzene rings is 1. The van der Waals surface area contributed by atoms with Crippen molar-refractivity contribution in [3.8, 4) is 0 Å². The van der Waals surface area contributed by atoms with Crippen molar-refractivity contribution in [2.24, 2.45) is 0 Å². The molecular formula is C17H22N2O6S. The van der Waals surface area contributed by atoms with Gasteiger partial charge in [-0.2, -0.15) is 11.8 Å². The molecule has 0 aliphatic heterocycles. The van der Waals surface area contributed by atoms with Crippen LogP contribution in [-0.2, 0) is 19.1 Å². The van der Waals surface area contributed by atoms with Crippen LogP contribution in [0.25, 0.3) is 0 Å². The maximum atomic E-state index is 12.3. The van der Waals surface area contributed by atoms with Gasteiger partial charge in [-0.25, -0.2) is 9.59 Å². The third-order valence-electron chi connectivity index (χ3n) is 3.31. The lowest BCUT2D eigenvalue weighted by Crippen LogP contribution is -2.46. The molecule has 0 radical (unpaired) electrons. The molecule has 0 fully saturated rings. The first-order valence-corrected chi connectivity index (χ1v) is 9.22. The number of carbonyl (C=O) groups is 4. The molecule has 0 aliphatic carbocycles. The number of thioether (sulfide) groups is 1. The highest BCUT2D eigenvalue weighted by Gasteiger charge is 2.27. The fourth-order valence-corrected chi connectivity index (χ4v) is 2.35. The molecule has 0 bridgehead atoms. The number of ether oxygens (including phenoxy) is 2. The van der Waals surface area contributed by atoms with E-state index in [1.807, 2.05) is 11.6 Å². The second-order valence-electron chi connectivity index (χ2n) is 5.23. The van der Waals surface area contributed by atoms with Crippen molar-refractivity contribution >= 4 is 35.6 Å². The molecule has 142 valence electrons. The molecule has 1 aromatic carbocycles. The van der Waals surface area contributed by atoms with Crippen molar-refractivity contribution in [2.45, 2.75) is 25.5 Å². The number of carbonyl (C=O) groups excluding carboxylic acids is 4. The van der Waals surface area contributed by atoms with Gasteiger partial charge in [0, 0.05) is 5.56 Å². The third kappa shape index (κ3) is 7.14. The van der Waals surface area contributed by atoms with Crippen LogP contribution < -0.4 is 10.6 Å². The van der Waals surface area contributed by atoms with Gasteiger partial charge in [-0.3, -0.25) is 14.9 Å². The van der Waals surface area contributed by atoms with Gasteiger partial charge in [-0.05, 0) is 37.5 Å². The smallest absolute Gasteiger partial charge is 0.413 e. The molecule has 0 aliphatic rings. The molecule has 0 aromatic heterocycles. The highest BCUT2D eigenvalue weighted by molar-refractivity contribution is 7.98. The number of methoxy groups -OCH3 is 1. The fraction of sp³-hybridized carbons (Fsp3) is 0.412. The van der Waals surface area contributed by atoms with E-state index >= 15 is 0 Å². The minimum Gasteiger partial charge on any atom is -0.453 e. The van der Waals surface area contributed by atoms with E-state index in [1.165, 1.54) is 18.7 Å². The molecule has 2 atom stereocenters. The summed E-state index contributed by atoms with van der Waals surface area (Å²) in [5.74, 6) is -1.38. The van der Waals surface area contributed by atoms with Gasteiger partial charge >= 0.3 is 12.1 Å². The van der Waals surface area contributed by atoms with E-state index in [2.05, 4.69) is 10.1 Å². The Labute approximate surface area is 156 Å². The highest BCUT2D eigenvalue weighted by Crippen LogP contribution is 2.07. The van der Waals surface area contributed by atoms with Crippen molar-refractivity contribution < 1.29 is 28.7 Å². The van der Waals surface area contributed by atoms with Crippen LogP contribution >= 0.6 is 11.8 Å². The van der Waals surface area contributed by atoms with E-state index in [0.717, 1.165) is 7.11 Å². The maximum absolute atomic E-state index is 12.3. The number of alkyl carbamates (subject to hydrolysis) is 1. The highest BCUT2D eigenvalue weighted by atomic mass is 32.2. The molecular weight excluding hydrogens is 360 g/mol. The molecule has 8 nitrogen and oxygen atoms in total. The lowest BCUT2D eigenvalue weighted by atomic mass is 10.1. The Morgan fingerprint density at radius 3 is 2.38 bits per heavy atom. The van der Waals surface area contributed by atoms with Crippen LogP contribution in [0.2, 0.25) is 0 Å². The van der Waals surface area contributed by atoms with Crippen LogP contribution in [-0.4, -0.2) is 55.1 Å². The minimum absolute atomic E-state index is 0.337. The first kappa shape index (κ1) is 21.5. The zero-order valence-electron chi connectivity index (χ0n) is 14.8. The van der Waals surface area contributed by atoms with Crippen molar-refractivity contribution in [2.75, 3.05) is 19.1 Å². The van der Waals surface area contributed by atoms with Crippen LogP contribution in [0.5, 0.6) is 0 Å². The van der Waals surface area contributed by atoms with Crippen LogP contribution in [0, 0.1) is 0 Å². The molecule has 26 heavy (non-hydrogen) atoms. The van der Waals surface area contributed by atoms with E-state index in [1.54, 1.807) is 30.3 Å². The van der Waals surface area contributed by atoms with E-state index in [9.17, 15) is 19.2 Å². The molecule has 1 aromatic rings. The molecule has 1 rings (SSSR count). The molecule has 0 spiro atoms. The maximum Gasteiger partial charge on any atom is 0.413 e. The average Bonchev–Trinajstić information content (AvgIpc) is 2.65. The SMILES string of the molecule is COC(=O)NC(=O)[C@H](C)OC(=O)[C@H](CCSC)NC(=O)c1ccccc1. The van der Waals surface area contributed by atoms with Crippen LogP contribution in [0.1, 0.15) is 23.7 Å². The van der Waals surface area contributed by atoms with Gasteiger partial charge in [-0.15, -0.1) is 0 Å². The number of hydrogen-bond acceptors (Lipinski definition) is 7. The number of esters is 1. The first-order valence-electron chi connectivity index (χ1n) is 7.83. The summed E-state index contributed by atoms with van der Waals surface area (Å²) in [4.78, 5) is 47.4. The van der Waals surface area contributed by atoms with Gasteiger partial charge in [0.05, 0.1) is 7.11 Å². The van der Waals surface area contributed by atoms with Gasteiger partial charge in [0.15, 0.2) is 6.10 Å². The van der Waals surface area contributed by atoms with Crippen LogP contribution in [0.3, 0.4) is 0 Å². The molecule has 2 N–H and O–H groups in total. The van der Waals surface area contributed by atoms with Gasteiger partial charge in [0.25, 0.3) is 11.8 Å². The predicted octanol–water partition coefficient (Wildman–Crippen LogP) is 1.35. The fourth-order valence-electron chi connectivity index (χ4n) is 1.88. The summed E-state index contributed by atoms with van der Waals surface area (Å²) in [6.45, 7) is 1.32. The molecule has 0 heterocycles. The van der Waals surface area contributed by atoms with E-state index in [4.69, 9.17) is 4.74 Å². The molecule has 3 amide bonds. The number of hydrogen-bond donors (Lipinski definition) is 2. The number of rotatable bonds is 8. The van der Waals surface area contributed by atoms with Crippen molar-refractivity contribution in [1.82, 2.24) is 10.6 Å². The Kier molecular flexibility index (Phi) is 9.21. The van der Waals surface area contributed by atoms with Gasteiger partial charge in [-0.1, -0.05) is 18.2 Å². The van der Waals surface area contributed by atoms with E-state index in [-0.39, 0.29) is 0 Å². The van der Waals surface area contributed by atoms with Gasteiger partial charge in [0.2, 0.25) is 0 Å². The van der Waals surface area contributed by atoms with Crippen molar-refractivity contribution in [1.29, 1.82) is 0 Å². The molecule has 0 unspecified atom stereocenters. The Bertz CT molecular complexity index is 637. The zero-order valence-corrected chi connectivity index (χ0v) is 15.6. The lowest BCUT2D eigenvalue weighted by Gasteiger charge is -2.20. The quantitative estimate of drug-likeness (QED) is 0.653. The summed E-state index contributed by atoms with van der Waals surface area (Å²) in [6.07, 6.45) is 0.0406. The molecule has 9 heteroatoms. The largest absolute Gasteiger partial charge is 0.453 e. The second kappa shape index (κ2) is 11.1. The predicted molar refractivity (Wildman–Crippen MR) is 96.8 cm³/mol. The first-order chi connectivity index (χ1) is 12.4. The van der Waals surface area contributed by atoms with Crippen LogP contribution in [0.15, 0.2) is 30.3 Å². The van der Waals surface area contributed by atoms with Gasteiger partial charge in [0.1, 0.15) is 6.04 Å². The Morgan fingerprint density at radius 2 is 1.81 bits per heavy atom. The topological polar surface area (TPSA) is 111 Å². The van der Waals surface area contributed by atoms with Crippen LogP contribution in [0.4, 0.5) is 4.79 Å². The summed E-state index contributed by atoms with van der Waals surface area (Å²) >= 11 is 1.51. The normalized spacial score (nSPS) is 12.4. The Balaban J connectivity index is 2.72. The zero-order chi connectivity index (χ0) is 19.5. The summed E-state index contributed by atoms with van der Waals surface area (Å²) in [6, 6.07) is 7.53. The average molecular weight is 382 g/mol. The standard InChI is InChI=1S/C17H22N2O6S/c1-11(14(20)19-17(23)24-2)25-16(22)13(9-10-26-3)18-15(21)12-7-5-4-6-8-12/h4-8,11,13H,9-10H2,1-3H3,(H,18,21)(H,19,20,23)/t11-,13-/m0/s1. The monoisotopic (exact) mass is 382 g/mol. The number of amides is 3. The number of imide groups is 1. The summed E-state index contributed by atoms with van der Waals surface area (Å²) in [5, 5.41) is 4.53. The Morgan fingerprint density at radius 1 is 1.15 bits per heavy atom. The molecule has 0 saturated heterocycles. The summed E-state index contributed by atoms with van der Waals surface area (Å²) in [7, 11) is 1.11. The lowest BCUT2D eigenvalue weighted by molar-refractivity contribution is -0.156.